The van der Waals surface area contributed by atoms with Crippen LogP contribution in [0.15, 0.2) is 82.9 Å². The fourth-order valence-electron chi connectivity index (χ4n) is 3.06. The third kappa shape index (κ3) is 5.59. The summed E-state index contributed by atoms with van der Waals surface area (Å²) in [6.45, 7) is 2.39. The molecule has 1 aromatic carbocycles. The number of rotatable bonds is 9. The van der Waals surface area contributed by atoms with Crippen molar-refractivity contribution in [2.24, 2.45) is 7.05 Å². The number of carbonyl (C=O) groups is 1. The quantitative estimate of drug-likeness (QED) is 0.372. The lowest BCUT2D eigenvalue weighted by molar-refractivity contribution is 0.0910. The monoisotopic (exact) mass is 448 g/mol. The normalized spacial score (nSPS) is 11.8. The van der Waals surface area contributed by atoms with Gasteiger partial charge in [0.15, 0.2) is 10.9 Å². The van der Waals surface area contributed by atoms with Crippen molar-refractivity contribution in [1.82, 2.24) is 19.9 Å². The van der Waals surface area contributed by atoms with Gasteiger partial charge in [-0.1, -0.05) is 30.0 Å². The molecule has 0 spiro atoms. The van der Waals surface area contributed by atoms with E-state index in [1.54, 1.807) is 36.4 Å². The van der Waals surface area contributed by atoms with Crippen molar-refractivity contribution < 1.29 is 13.9 Å². The number of imidazole rings is 1. The Balaban J connectivity index is 1.28. The Hall–Kier alpha value is -3.52. The van der Waals surface area contributed by atoms with Gasteiger partial charge in [-0.3, -0.25) is 9.78 Å². The molecule has 4 rings (SSSR count). The van der Waals surface area contributed by atoms with Crippen molar-refractivity contribution in [2.75, 3.05) is 0 Å². The van der Waals surface area contributed by atoms with E-state index in [0.29, 0.717) is 18.1 Å². The van der Waals surface area contributed by atoms with Gasteiger partial charge in [-0.05, 0) is 42.8 Å². The zero-order valence-corrected chi connectivity index (χ0v) is 18.7. The highest BCUT2D eigenvalue weighted by molar-refractivity contribution is 7.98. The van der Waals surface area contributed by atoms with Crippen molar-refractivity contribution in [3.8, 4) is 5.75 Å². The average Bonchev–Trinajstić information content (AvgIpc) is 3.46. The van der Waals surface area contributed by atoms with Crippen LogP contribution in [0.25, 0.3) is 0 Å². The van der Waals surface area contributed by atoms with Gasteiger partial charge in [0.1, 0.15) is 18.1 Å². The van der Waals surface area contributed by atoms with Crippen molar-refractivity contribution in [2.45, 2.75) is 30.5 Å². The fourth-order valence-corrected chi connectivity index (χ4v) is 3.88. The Labute approximate surface area is 190 Å². The lowest BCUT2D eigenvalue weighted by Crippen LogP contribution is -2.26. The summed E-state index contributed by atoms with van der Waals surface area (Å²) in [7, 11) is 1.94. The van der Waals surface area contributed by atoms with Crippen molar-refractivity contribution in [1.29, 1.82) is 0 Å². The molecule has 8 heteroatoms. The van der Waals surface area contributed by atoms with Crippen LogP contribution in [0.5, 0.6) is 5.75 Å². The molecule has 0 radical (unpaired) electrons. The maximum atomic E-state index is 12.6. The Morgan fingerprint density at radius 1 is 1.19 bits per heavy atom. The molecule has 3 aromatic heterocycles. The maximum absolute atomic E-state index is 12.6. The van der Waals surface area contributed by atoms with E-state index in [1.807, 2.05) is 67.2 Å². The highest BCUT2D eigenvalue weighted by Gasteiger charge is 2.15. The SMILES string of the molecule is CC(NC(=O)c1ccc(CSc2nccn2C)o1)c1ccc(OCc2cccnc2)cc1. The third-order valence-electron chi connectivity index (χ3n) is 4.86. The van der Waals surface area contributed by atoms with Crippen LogP contribution in [0.2, 0.25) is 0 Å². The number of benzene rings is 1. The Morgan fingerprint density at radius 3 is 2.75 bits per heavy atom. The van der Waals surface area contributed by atoms with Crippen LogP contribution in [0.1, 0.15) is 40.4 Å². The molecule has 0 aliphatic rings. The van der Waals surface area contributed by atoms with Crippen molar-refractivity contribution in [3.05, 3.63) is 96.0 Å². The van der Waals surface area contributed by atoms with E-state index < -0.39 is 0 Å². The minimum Gasteiger partial charge on any atom is -0.489 e. The summed E-state index contributed by atoms with van der Waals surface area (Å²) in [5.41, 5.74) is 1.98. The highest BCUT2D eigenvalue weighted by atomic mass is 32.2. The van der Waals surface area contributed by atoms with Crippen LogP contribution in [0, 0.1) is 0 Å². The van der Waals surface area contributed by atoms with Gasteiger partial charge in [0, 0.05) is 37.4 Å². The molecular formula is C24H24N4O3S. The molecule has 0 aliphatic heterocycles. The molecule has 4 aromatic rings. The molecule has 3 heterocycles. The molecule has 0 saturated carbocycles. The second-order valence-electron chi connectivity index (χ2n) is 7.29. The summed E-state index contributed by atoms with van der Waals surface area (Å²) in [6, 6.07) is 14.9. The number of carbonyl (C=O) groups excluding carboxylic acids is 1. The molecule has 1 N–H and O–H groups in total. The molecule has 0 saturated heterocycles. The van der Waals surface area contributed by atoms with Crippen LogP contribution < -0.4 is 10.1 Å². The molecule has 164 valence electrons. The summed E-state index contributed by atoms with van der Waals surface area (Å²) in [5, 5.41) is 3.87. The van der Waals surface area contributed by atoms with Crippen LogP contribution in [0.4, 0.5) is 0 Å². The van der Waals surface area contributed by atoms with E-state index in [0.717, 1.165) is 27.8 Å². The molecular weight excluding hydrogens is 424 g/mol. The number of furan rings is 1. The number of aryl methyl sites for hydroxylation is 1. The first-order valence-electron chi connectivity index (χ1n) is 10.2. The van der Waals surface area contributed by atoms with Crippen molar-refractivity contribution in [3.63, 3.8) is 0 Å². The molecule has 1 unspecified atom stereocenters. The van der Waals surface area contributed by atoms with E-state index in [2.05, 4.69) is 15.3 Å². The van der Waals surface area contributed by atoms with Gasteiger partial charge in [0.2, 0.25) is 0 Å². The number of nitrogens with zero attached hydrogens (tertiary/aromatic N) is 3. The zero-order chi connectivity index (χ0) is 22.3. The van der Waals surface area contributed by atoms with E-state index >= 15 is 0 Å². The standard InChI is InChI=1S/C24H24N4O3S/c1-17(19-5-7-20(8-6-19)30-15-18-4-3-11-25-14-18)27-23(29)22-10-9-21(31-22)16-32-24-26-12-13-28(24)2/h3-14,17H,15-16H2,1-2H3,(H,27,29). The first kappa shape index (κ1) is 21.7. The summed E-state index contributed by atoms with van der Waals surface area (Å²) in [5.74, 6) is 2.14. The molecule has 0 bridgehead atoms. The number of ether oxygens (including phenoxy) is 1. The maximum Gasteiger partial charge on any atom is 0.287 e. The van der Waals surface area contributed by atoms with Crippen LogP contribution in [-0.4, -0.2) is 20.4 Å². The molecule has 1 atom stereocenters. The average molecular weight is 449 g/mol. The van der Waals surface area contributed by atoms with Gasteiger partial charge < -0.3 is 19.0 Å². The summed E-state index contributed by atoms with van der Waals surface area (Å²) < 4.78 is 13.4. The second-order valence-corrected chi connectivity index (χ2v) is 8.23. The number of nitrogens with one attached hydrogen (secondary N) is 1. The predicted octanol–water partition coefficient (Wildman–Crippen LogP) is 4.77. The summed E-state index contributed by atoms with van der Waals surface area (Å²) in [4.78, 5) is 20.9. The topological polar surface area (TPSA) is 82.2 Å². The number of amides is 1. The second kappa shape index (κ2) is 10.2. The van der Waals surface area contributed by atoms with Gasteiger partial charge in [-0.2, -0.15) is 0 Å². The Morgan fingerprint density at radius 2 is 2.03 bits per heavy atom. The fraction of sp³-hybridized carbons (Fsp3) is 0.208. The molecule has 1 amide bonds. The van der Waals surface area contributed by atoms with Crippen molar-refractivity contribution >= 4 is 17.7 Å². The van der Waals surface area contributed by atoms with Gasteiger partial charge in [0.05, 0.1) is 11.8 Å². The number of hydrogen-bond donors (Lipinski definition) is 1. The number of thioether (sulfide) groups is 1. The van der Waals surface area contributed by atoms with E-state index in [4.69, 9.17) is 9.15 Å². The summed E-state index contributed by atoms with van der Waals surface area (Å²) >= 11 is 1.56. The van der Waals surface area contributed by atoms with E-state index in [9.17, 15) is 4.79 Å². The van der Waals surface area contributed by atoms with Crippen LogP contribution in [-0.2, 0) is 19.4 Å². The van der Waals surface area contributed by atoms with Crippen LogP contribution in [0.3, 0.4) is 0 Å². The first-order valence-corrected chi connectivity index (χ1v) is 11.2. The number of hydrogen-bond acceptors (Lipinski definition) is 6. The lowest BCUT2D eigenvalue weighted by atomic mass is 10.1. The van der Waals surface area contributed by atoms with Gasteiger partial charge in [-0.25, -0.2) is 4.98 Å². The Bertz CT molecular complexity index is 1160. The lowest BCUT2D eigenvalue weighted by Gasteiger charge is -2.14. The van der Waals surface area contributed by atoms with E-state index in [-0.39, 0.29) is 11.9 Å². The molecule has 0 fully saturated rings. The molecule has 32 heavy (non-hydrogen) atoms. The van der Waals surface area contributed by atoms with E-state index in [1.165, 1.54) is 0 Å². The number of aromatic nitrogens is 3. The third-order valence-corrected chi connectivity index (χ3v) is 5.94. The Kier molecular flexibility index (Phi) is 6.91. The smallest absolute Gasteiger partial charge is 0.287 e. The summed E-state index contributed by atoms with van der Waals surface area (Å²) in [6.07, 6.45) is 7.16. The van der Waals surface area contributed by atoms with Gasteiger partial charge in [-0.15, -0.1) is 0 Å². The van der Waals surface area contributed by atoms with Gasteiger partial charge in [0.25, 0.3) is 5.91 Å². The largest absolute Gasteiger partial charge is 0.489 e. The minimum atomic E-state index is -0.248. The highest BCUT2D eigenvalue weighted by Crippen LogP contribution is 2.23. The molecule has 0 aliphatic carbocycles. The van der Waals surface area contributed by atoms with Crippen LogP contribution >= 0.6 is 11.8 Å². The molecule has 7 nitrogen and oxygen atoms in total. The minimum absolute atomic E-state index is 0.176. The zero-order valence-electron chi connectivity index (χ0n) is 17.9. The predicted molar refractivity (Wildman–Crippen MR) is 122 cm³/mol. The number of pyridine rings is 1. The van der Waals surface area contributed by atoms with Gasteiger partial charge >= 0.3 is 0 Å². The first-order chi connectivity index (χ1) is 15.6.